The van der Waals surface area contributed by atoms with E-state index >= 15 is 0 Å². The number of aromatic nitrogens is 4. The molecule has 0 aliphatic rings. The monoisotopic (exact) mass is 509 g/mol. The fourth-order valence-corrected chi connectivity index (χ4v) is 4.47. The number of anilines is 1. The third kappa shape index (κ3) is 3.13. The number of fused-ring (bicyclic) bond motifs is 2. The van der Waals surface area contributed by atoms with Gasteiger partial charge in [0.15, 0.2) is 5.65 Å². The molecule has 0 spiro atoms. The second-order valence-corrected chi connectivity index (χ2v) is 7.84. The molecule has 0 unspecified atom stereocenters. The Bertz CT molecular complexity index is 1440. The summed E-state index contributed by atoms with van der Waals surface area (Å²) in [6.07, 6.45) is 1.90. The third-order valence-electron chi connectivity index (χ3n) is 5.04. The number of hydrogen-bond acceptors (Lipinski definition) is 6. The molecule has 0 saturated carbocycles. The lowest BCUT2D eigenvalue weighted by molar-refractivity contribution is 0.450. The summed E-state index contributed by atoms with van der Waals surface area (Å²) in [5, 5.41) is 6.74. The molecule has 0 fully saturated rings. The Hall–Kier alpha value is -3.27. The summed E-state index contributed by atoms with van der Waals surface area (Å²) in [7, 11) is 0. The number of nitrogen functional groups attached to an aromatic ring is 1. The molecule has 8 heteroatoms. The van der Waals surface area contributed by atoms with Crippen molar-refractivity contribution in [2.45, 2.75) is 13.0 Å². The predicted molar refractivity (Wildman–Crippen MR) is 124 cm³/mol. The van der Waals surface area contributed by atoms with Crippen molar-refractivity contribution in [1.29, 1.82) is 0 Å². The van der Waals surface area contributed by atoms with Crippen LogP contribution in [0, 0.1) is 3.70 Å². The molecule has 3 heterocycles. The van der Waals surface area contributed by atoms with Crippen LogP contribution in [0.2, 0.25) is 0 Å². The van der Waals surface area contributed by atoms with E-state index in [0.29, 0.717) is 35.6 Å². The van der Waals surface area contributed by atoms with Gasteiger partial charge in [0.25, 0.3) is 0 Å². The van der Waals surface area contributed by atoms with Crippen molar-refractivity contribution in [2.24, 2.45) is 0 Å². The van der Waals surface area contributed by atoms with Crippen LogP contribution in [-0.4, -0.2) is 19.7 Å². The maximum absolute atomic E-state index is 12.6. The molecule has 0 atom stereocenters. The van der Waals surface area contributed by atoms with Gasteiger partial charge in [-0.15, -0.1) is 0 Å². The highest BCUT2D eigenvalue weighted by Crippen LogP contribution is 2.31. The molecule has 2 N–H and O–H groups in total. The Morgan fingerprint density at radius 2 is 1.73 bits per heavy atom. The lowest BCUT2D eigenvalue weighted by Crippen LogP contribution is -2.09. The molecule has 30 heavy (non-hydrogen) atoms. The first-order chi connectivity index (χ1) is 14.6. The highest BCUT2D eigenvalue weighted by atomic mass is 127. The van der Waals surface area contributed by atoms with E-state index in [0.717, 1.165) is 25.6 Å². The zero-order valence-corrected chi connectivity index (χ0v) is 17.9. The number of aryl methyl sites for hydroxylation is 2. The van der Waals surface area contributed by atoms with E-state index in [1.54, 1.807) is 10.7 Å². The van der Waals surface area contributed by atoms with Gasteiger partial charge in [-0.2, -0.15) is 5.10 Å². The SMILES string of the molecule is Nc1ncnc2c1c(I)nn2CCc1oc(=O)c2ccccc2c1-c1ccccc1. The van der Waals surface area contributed by atoms with E-state index in [2.05, 4.69) is 37.7 Å². The van der Waals surface area contributed by atoms with Crippen LogP contribution in [0.15, 0.2) is 70.1 Å². The maximum atomic E-state index is 12.6. The second-order valence-electron chi connectivity index (χ2n) is 6.82. The fraction of sp³-hybridized carbons (Fsp3) is 0.0909. The molecular formula is C22H16IN5O2. The highest BCUT2D eigenvalue weighted by Gasteiger charge is 2.18. The van der Waals surface area contributed by atoms with Gasteiger partial charge >= 0.3 is 5.63 Å². The van der Waals surface area contributed by atoms with E-state index in [1.807, 2.05) is 48.5 Å². The Labute approximate surface area is 184 Å². The van der Waals surface area contributed by atoms with Crippen molar-refractivity contribution in [3.63, 3.8) is 0 Å². The van der Waals surface area contributed by atoms with E-state index in [4.69, 9.17) is 10.2 Å². The lowest BCUT2D eigenvalue weighted by Gasteiger charge is -2.12. The Kier molecular flexibility index (Phi) is 4.70. The standard InChI is InChI=1S/C22H16IN5O2/c23-19-18-20(24)25-12-26-21(18)28(27-19)11-10-16-17(13-6-2-1-3-7-13)14-8-4-5-9-15(14)22(29)30-16/h1-9,12H,10-11H2,(H2,24,25,26). The number of benzene rings is 2. The van der Waals surface area contributed by atoms with Crippen molar-refractivity contribution >= 4 is 50.2 Å². The van der Waals surface area contributed by atoms with Crippen molar-refractivity contribution < 1.29 is 4.42 Å². The number of rotatable bonds is 4. The summed E-state index contributed by atoms with van der Waals surface area (Å²) >= 11 is 2.13. The highest BCUT2D eigenvalue weighted by molar-refractivity contribution is 14.1. The number of halogens is 1. The number of nitrogens with two attached hydrogens (primary N) is 1. The fourth-order valence-electron chi connectivity index (χ4n) is 3.69. The van der Waals surface area contributed by atoms with Crippen LogP contribution in [0.5, 0.6) is 0 Å². The first kappa shape index (κ1) is 18.7. The van der Waals surface area contributed by atoms with E-state index in [-0.39, 0.29) is 5.63 Å². The number of hydrogen-bond donors (Lipinski definition) is 1. The Morgan fingerprint density at radius 1 is 1.00 bits per heavy atom. The van der Waals surface area contributed by atoms with Crippen LogP contribution in [0.25, 0.3) is 32.9 Å². The van der Waals surface area contributed by atoms with Crippen molar-refractivity contribution in [2.75, 3.05) is 5.73 Å². The van der Waals surface area contributed by atoms with Crippen LogP contribution < -0.4 is 11.4 Å². The Morgan fingerprint density at radius 3 is 2.53 bits per heavy atom. The summed E-state index contributed by atoms with van der Waals surface area (Å²) in [6, 6.07) is 17.5. The minimum absolute atomic E-state index is 0.341. The maximum Gasteiger partial charge on any atom is 0.343 e. The lowest BCUT2D eigenvalue weighted by atomic mass is 9.97. The normalized spacial score (nSPS) is 11.4. The van der Waals surface area contributed by atoms with Gasteiger partial charge in [-0.1, -0.05) is 48.5 Å². The van der Waals surface area contributed by atoms with E-state index in [1.165, 1.54) is 6.33 Å². The average molecular weight is 509 g/mol. The quantitative estimate of drug-likeness (QED) is 0.368. The molecule has 3 aromatic heterocycles. The second kappa shape index (κ2) is 7.52. The van der Waals surface area contributed by atoms with Gasteiger partial charge in [0.05, 0.1) is 17.3 Å². The molecule has 7 nitrogen and oxygen atoms in total. The van der Waals surface area contributed by atoms with Crippen LogP contribution in [0.1, 0.15) is 5.76 Å². The summed E-state index contributed by atoms with van der Waals surface area (Å²) in [5.74, 6) is 1.02. The molecule has 5 aromatic rings. The molecule has 0 aliphatic heterocycles. The zero-order valence-electron chi connectivity index (χ0n) is 15.7. The first-order valence-corrected chi connectivity index (χ1v) is 10.4. The van der Waals surface area contributed by atoms with Crippen molar-refractivity contribution in [3.05, 3.63) is 80.8 Å². The van der Waals surface area contributed by atoms with Crippen LogP contribution in [-0.2, 0) is 13.0 Å². The summed E-state index contributed by atoms with van der Waals surface area (Å²) in [5.41, 5.74) is 8.23. The van der Waals surface area contributed by atoms with Crippen LogP contribution in [0.4, 0.5) is 5.82 Å². The summed E-state index contributed by atoms with van der Waals surface area (Å²) in [6.45, 7) is 0.483. The number of nitrogens with zero attached hydrogens (tertiary/aromatic N) is 4. The largest absolute Gasteiger partial charge is 0.427 e. The topological polar surface area (TPSA) is 99.8 Å². The molecule has 0 saturated heterocycles. The van der Waals surface area contributed by atoms with Crippen LogP contribution in [0.3, 0.4) is 0 Å². The van der Waals surface area contributed by atoms with E-state index < -0.39 is 0 Å². The third-order valence-corrected chi connectivity index (χ3v) is 5.80. The van der Waals surface area contributed by atoms with Gasteiger partial charge in [-0.3, -0.25) is 0 Å². The molecular weight excluding hydrogens is 493 g/mol. The van der Waals surface area contributed by atoms with E-state index in [9.17, 15) is 4.79 Å². The zero-order chi connectivity index (χ0) is 20.7. The molecule has 0 radical (unpaired) electrons. The summed E-state index contributed by atoms with van der Waals surface area (Å²) in [4.78, 5) is 21.0. The first-order valence-electron chi connectivity index (χ1n) is 9.36. The predicted octanol–water partition coefficient (Wildman–Crippen LogP) is 4.03. The Balaban J connectivity index is 1.64. The minimum Gasteiger partial charge on any atom is -0.427 e. The van der Waals surface area contributed by atoms with Crippen LogP contribution >= 0.6 is 22.6 Å². The van der Waals surface area contributed by atoms with Gasteiger partial charge in [0.2, 0.25) is 0 Å². The van der Waals surface area contributed by atoms with Crippen molar-refractivity contribution in [3.8, 4) is 11.1 Å². The van der Waals surface area contributed by atoms with Gasteiger partial charge in [0.1, 0.15) is 21.6 Å². The molecule has 2 aromatic carbocycles. The van der Waals surface area contributed by atoms with Crippen molar-refractivity contribution in [1.82, 2.24) is 19.7 Å². The summed E-state index contributed by atoms with van der Waals surface area (Å²) < 4.78 is 8.30. The average Bonchev–Trinajstić information content (AvgIpc) is 3.10. The van der Waals surface area contributed by atoms with Gasteiger partial charge in [-0.25, -0.2) is 19.4 Å². The molecule has 0 aliphatic carbocycles. The van der Waals surface area contributed by atoms with Gasteiger partial charge < -0.3 is 10.2 Å². The minimum atomic E-state index is -0.341. The smallest absolute Gasteiger partial charge is 0.343 e. The van der Waals surface area contributed by atoms with Gasteiger partial charge in [-0.05, 0) is 34.2 Å². The molecule has 0 amide bonds. The van der Waals surface area contributed by atoms with Gasteiger partial charge in [0, 0.05) is 17.4 Å². The molecule has 5 rings (SSSR count). The molecule has 0 bridgehead atoms. The molecule has 148 valence electrons.